The van der Waals surface area contributed by atoms with Crippen molar-refractivity contribution < 1.29 is 4.79 Å². The third-order valence-electron chi connectivity index (χ3n) is 3.79. The molecule has 3 rings (SSSR count). The number of halogens is 2. The lowest BCUT2D eigenvalue weighted by atomic mass is 10.2. The Morgan fingerprint density at radius 2 is 2.16 bits per heavy atom. The zero-order chi connectivity index (χ0) is 13.4. The molecule has 3 nitrogen and oxygen atoms in total. The highest BCUT2D eigenvalue weighted by atomic mass is 127. The fraction of sp³-hybridized carbons (Fsp3) is 0.500. The number of carbonyl (C=O) groups is 1. The number of hydrogen-bond donors (Lipinski definition) is 1. The Balaban J connectivity index is 1.63. The molecule has 1 aromatic rings. The van der Waals surface area contributed by atoms with Crippen molar-refractivity contribution in [2.24, 2.45) is 0 Å². The van der Waals surface area contributed by atoms with E-state index in [1.165, 1.54) is 12.8 Å². The zero-order valence-electron chi connectivity index (χ0n) is 10.5. The Bertz CT molecular complexity index is 504. The standard InChI is InChI=1S/C14H16BrIN2O/c15-13-4-1-9(16)7-12(13)14(19)17-10-5-6-18(8-10)11-2-3-11/h1,4,7,10-11H,2-3,5-6,8H2,(H,17,19). The Kier molecular flexibility index (Phi) is 4.14. The molecular formula is C14H16BrIN2O. The maximum Gasteiger partial charge on any atom is 0.252 e. The molecule has 1 aliphatic heterocycles. The predicted octanol–water partition coefficient (Wildman–Crippen LogP) is 3.02. The fourth-order valence-electron chi connectivity index (χ4n) is 2.61. The van der Waals surface area contributed by atoms with E-state index in [9.17, 15) is 4.79 Å². The number of rotatable bonds is 3. The molecule has 2 fully saturated rings. The van der Waals surface area contributed by atoms with Crippen LogP contribution in [-0.4, -0.2) is 36.0 Å². The molecule has 5 heteroatoms. The molecule has 102 valence electrons. The lowest BCUT2D eigenvalue weighted by Gasteiger charge is -2.16. The van der Waals surface area contributed by atoms with Gasteiger partial charge in [0.2, 0.25) is 0 Å². The van der Waals surface area contributed by atoms with Gasteiger partial charge in [0.25, 0.3) is 5.91 Å². The van der Waals surface area contributed by atoms with Crippen molar-refractivity contribution in [3.63, 3.8) is 0 Å². The van der Waals surface area contributed by atoms with Gasteiger partial charge in [-0.3, -0.25) is 9.69 Å². The average molecular weight is 435 g/mol. The molecule has 0 radical (unpaired) electrons. The van der Waals surface area contributed by atoms with E-state index in [2.05, 4.69) is 48.7 Å². The minimum Gasteiger partial charge on any atom is -0.348 e. The van der Waals surface area contributed by atoms with Crippen LogP contribution in [0, 0.1) is 3.57 Å². The Morgan fingerprint density at radius 3 is 2.89 bits per heavy atom. The summed E-state index contributed by atoms with van der Waals surface area (Å²) in [7, 11) is 0. The number of likely N-dealkylation sites (tertiary alicyclic amines) is 1. The Labute approximate surface area is 135 Å². The Hall–Kier alpha value is -0.140. The molecule has 0 bridgehead atoms. The lowest BCUT2D eigenvalue weighted by Crippen LogP contribution is -2.37. The van der Waals surface area contributed by atoms with E-state index in [-0.39, 0.29) is 5.91 Å². The molecule has 2 aliphatic rings. The summed E-state index contributed by atoms with van der Waals surface area (Å²) in [5.41, 5.74) is 0.733. The van der Waals surface area contributed by atoms with Gasteiger partial charge in [-0.1, -0.05) is 0 Å². The van der Waals surface area contributed by atoms with Gasteiger partial charge in [0.1, 0.15) is 0 Å². The molecule has 1 aliphatic carbocycles. The topological polar surface area (TPSA) is 32.3 Å². The maximum absolute atomic E-state index is 12.3. The van der Waals surface area contributed by atoms with Crippen LogP contribution in [0.25, 0.3) is 0 Å². The maximum atomic E-state index is 12.3. The van der Waals surface area contributed by atoms with E-state index >= 15 is 0 Å². The lowest BCUT2D eigenvalue weighted by molar-refractivity contribution is 0.0936. The number of carbonyl (C=O) groups excluding carboxylic acids is 1. The van der Waals surface area contributed by atoms with Gasteiger partial charge in [-0.2, -0.15) is 0 Å². The highest BCUT2D eigenvalue weighted by molar-refractivity contribution is 14.1. The van der Waals surface area contributed by atoms with Crippen LogP contribution in [0.1, 0.15) is 29.6 Å². The first-order chi connectivity index (χ1) is 9.13. The third-order valence-corrected chi connectivity index (χ3v) is 5.15. The number of hydrogen-bond acceptors (Lipinski definition) is 2. The number of nitrogens with one attached hydrogen (secondary N) is 1. The van der Waals surface area contributed by atoms with Crippen molar-refractivity contribution in [3.05, 3.63) is 31.8 Å². The third kappa shape index (κ3) is 3.31. The summed E-state index contributed by atoms with van der Waals surface area (Å²) < 4.78 is 1.94. The summed E-state index contributed by atoms with van der Waals surface area (Å²) in [5, 5.41) is 3.16. The summed E-state index contributed by atoms with van der Waals surface area (Å²) in [6.07, 6.45) is 3.75. The highest BCUT2D eigenvalue weighted by Crippen LogP contribution is 2.30. The summed E-state index contributed by atoms with van der Waals surface area (Å²) >= 11 is 5.68. The highest BCUT2D eigenvalue weighted by Gasteiger charge is 2.34. The fourth-order valence-corrected chi connectivity index (χ4v) is 3.53. The molecule has 1 unspecified atom stereocenters. The number of benzene rings is 1. The molecule has 0 spiro atoms. The molecular weight excluding hydrogens is 419 g/mol. The van der Waals surface area contributed by atoms with Gasteiger partial charge in [-0.15, -0.1) is 0 Å². The van der Waals surface area contributed by atoms with Crippen LogP contribution < -0.4 is 5.32 Å². The van der Waals surface area contributed by atoms with Crippen LogP contribution in [0.2, 0.25) is 0 Å². The average Bonchev–Trinajstić information content (AvgIpc) is 3.13. The largest absolute Gasteiger partial charge is 0.348 e. The number of amides is 1. The molecule has 1 atom stereocenters. The molecule has 19 heavy (non-hydrogen) atoms. The van der Waals surface area contributed by atoms with E-state index in [0.29, 0.717) is 6.04 Å². The summed E-state index contributed by atoms with van der Waals surface area (Å²) in [6.45, 7) is 2.14. The first-order valence-corrected chi connectivity index (χ1v) is 8.50. The Morgan fingerprint density at radius 1 is 1.37 bits per heavy atom. The molecule has 1 heterocycles. The van der Waals surface area contributed by atoms with E-state index in [0.717, 1.165) is 39.2 Å². The summed E-state index contributed by atoms with van der Waals surface area (Å²) in [6, 6.07) is 6.95. The van der Waals surface area contributed by atoms with Crippen molar-refractivity contribution in [1.29, 1.82) is 0 Å². The van der Waals surface area contributed by atoms with Crippen molar-refractivity contribution in [3.8, 4) is 0 Å². The second-order valence-corrected chi connectivity index (χ2v) is 7.41. The van der Waals surface area contributed by atoms with Crippen molar-refractivity contribution >= 4 is 44.4 Å². The van der Waals surface area contributed by atoms with Crippen LogP contribution in [0.5, 0.6) is 0 Å². The summed E-state index contributed by atoms with van der Waals surface area (Å²) in [4.78, 5) is 14.8. The van der Waals surface area contributed by atoms with Crippen molar-refractivity contribution in [1.82, 2.24) is 10.2 Å². The molecule has 0 aromatic heterocycles. The number of nitrogens with zero attached hydrogens (tertiary/aromatic N) is 1. The molecule has 1 amide bonds. The van der Waals surface area contributed by atoms with Crippen LogP contribution in [0.15, 0.2) is 22.7 Å². The van der Waals surface area contributed by atoms with Gasteiger partial charge in [0.15, 0.2) is 0 Å². The van der Waals surface area contributed by atoms with Crippen molar-refractivity contribution in [2.45, 2.75) is 31.3 Å². The smallest absolute Gasteiger partial charge is 0.252 e. The normalized spacial score (nSPS) is 23.6. The van der Waals surface area contributed by atoms with Gasteiger partial charge in [0, 0.05) is 33.2 Å². The molecule has 1 aromatic carbocycles. The van der Waals surface area contributed by atoms with Gasteiger partial charge in [0.05, 0.1) is 5.56 Å². The van der Waals surface area contributed by atoms with E-state index in [1.807, 2.05) is 18.2 Å². The van der Waals surface area contributed by atoms with E-state index in [4.69, 9.17) is 0 Å². The van der Waals surface area contributed by atoms with E-state index < -0.39 is 0 Å². The van der Waals surface area contributed by atoms with Gasteiger partial charge >= 0.3 is 0 Å². The molecule has 1 saturated carbocycles. The molecule has 1 N–H and O–H groups in total. The van der Waals surface area contributed by atoms with Crippen LogP contribution in [0.4, 0.5) is 0 Å². The minimum atomic E-state index is 0.0352. The van der Waals surface area contributed by atoms with Gasteiger partial charge in [-0.25, -0.2) is 0 Å². The second-order valence-electron chi connectivity index (χ2n) is 5.31. The zero-order valence-corrected chi connectivity index (χ0v) is 14.3. The van der Waals surface area contributed by atoms with Gasteiger partial charge in [-0.05, 0) is 76.0 Å². The second kappa shape index (κ2) is 5.69. The monoisotopic (exact) mass is 434 g/mol. The van der Waals surface area contributed by atoms with Gasteiger partial charge < -0.3 is 5.32 Å². The first-order valence-electron chi connectivity index (χ1n) is 6.63. The first kappa shape index (κ1) is 13.8. The van der Waals surface area contributed by atoms with Crippen molar-refractivity contribution in [2.75, 3.05) is 13.1 Å². The quantitative estimate of drug-likeness (QED) is 0.741. The van der Waals surface area contributed by atoms with Crippen LogP contribution in [0.3, 0.4) is 0 Å². The van der Waals surface area contributed by atoms with Crippen LogP contribution in [-0.2, 0) is 0 Å². The SMILES string of the molecule is O=C(NC1CCN(C2CC2)C1)c1cc(I)ccc1Br. The minimum absolute atomic E-state index is 0.0352. The summed E-state index contributed by atoms with van der Waals surface area (Å²) in [5.74, 6) is 0.0352. The predicted molar refractivity (Wildman–Crippen MR) is 87.3 cm³/mol. The van der Waals surface area contributed by atoms with Crippen LogP contribution >= 0.6 is 38.5 Å². The molecule has 1 saturated heterocycles. The van der Waals surface area contributed by atoms with E-state index in [1.54, 1.807) is 0 Å².